The molecule has 0 aliphatic carbocycles. The van der Waals surface area contributed by atoms with Crippen LogP contribution in [0.4, 0.5) is 0 Å². The van der Waals surface area contributed by atoms with E-state index in [2.05, 4.69) is 11.8 Å². The molecule has 0 fully saturated rings. The lowest BCUT2D eigenvalue weighted by molar-refractivity contribution is 0.239. The summed E-state index contributed by atoms with van der Waals surface area (Å²) in [6, 6.07) is 0. The standard InChI is InChI=1S/C7H13NO/c1-7(2,8)5-4-6-9-3/h6,8H2,1-3H3. The zero-order chi connectivity index (χ0) is 7.33. The summed E-state index contributed by atoms with van der Waals surface area (Å²) in [7, 11) is 1.61. The molecule has 52 valence electrons. The predicted octanol–water partition coefficient (Wildman–Crippen LogP) is 0.374. The van der Waals surface area contributed by atoms with Gasteiger partial charge in [0.05, 0.1) is 5.54 Å². The van der Waals surface area contributed by atoms with E-state index in [4.69, 9.17) is 10.5 Å². The van der Waals surface area contributed by atoms with Gasteiger partial charge in [0.25, 0.3) is 0 Å². The Balaban J connectivity index is 3.59. The molecule has 0 amide bonds. The fraction of sp³-hybridized carbons (Fsp3) is 0.714. The number of nitrogens with two attached hydrogens (primary N) is 1. The molecule has 0 saturated heterocycles. The minimum absolute atomic E-state index is 0.390. The van der Waals surface area contributed by atoms with Crippen LogP contribution in [-0.2, 0) is 4.74 Å². The fourth-order valence-electron chi connectivity index (χ4n) is 0.336. The molecule has 0 rings (SSSR count). The highest BCUT2D eigenvalue weighted by Crippen LogP contribution is 1.90. The highest BCUT2D eigenvalue weighted by Gasteiger charge is 2.02. The van der Waals surface area contributed by atoms with Crippen LogP contribution in [0.2, 0.25) is 0 Å². The lowest BCUT2D eigenvalue weighted by Crippen LogP contribution is -2.29. The van der Waals surface area contributed by atoms with Gasteiger partial charge in [-0.2, -0.15) is 0 Å². The number of rotatable bonds is 1. The zero-order valence-electron chi connectivity index (χ0n) is 6.19. The Morgan fingerprint density at radius 2 is 2.11 bits per heavy atom. The van der Waals surface area contributed by atoms with Crippen molar-refractivity contribution in [1.82, 2.24) is 0 Å². The average Bonchev–Trinajstić information content (AvgIpc) is 1.63. The van der Waals surface area contributed by atoms with E-state index >= 15 is 0 Å². The van der Waals surface area contributed by atoms with E-state index in [1.165, 1.54) is 0 Å². The lowest BCUT2D eigenvalue weighted by atomic mass is 10.1. The molecule has 0 aromatic rings. The molecule has 0 saturated carbocycles. The highest BCUT2D eigenvalue weighted by atomic mass is 16.5. The van der Waals surface area contributed by atoms with E-state index < -0.39 is 5.54 Å². The summed E-state index contributed by atoms with van der Waals surface area (Å²) in [6.07, 6.45) is 0. The summed E-state index contributed by atoms with van der Waals surface area (Å²) >= 11 is 0. The van der Waals surface area contributed by atoms with Crippen molar-refractivity contribution in [3.8, 4) is 11.8 Å². The van der Waals surface area contributed by atoms with Gasteiger partial charge in [0.15, 0.2) is 0 Å². The summed E-state index contributed by atoms with van der Waals surface area (Å²) in [6.45, 7) is 4.17. The van der Waals surface area contributed by atoms with Crippen molar-refractivity contribution in [2.45, 2.75) is 19.4 Å². The smallest absolute Gasteiger partial charge is 0.107 e. The normalized spacial score (nSPS) is 10.2. The summed E-state index contributed by atoms with van der Waals surface area (Å²) in [5.41, 5.74) is 5.16. The maximum atomic E-state index is 5.55. The predicted molar refractivity (Wildman–Crippen MR) is 37.9 cm³/mol. The molecule has 0 atom stereocenters. The molecule has 0 aromatic carbocycles. The van der Waals surface area contributed by atoms with E-state index in [1.807, 2.05) is 13.8 Å². The van der Waals surface area contributed by atoms with Crippen LogP contribution in [0.25, 0.3) is 0 Å². The van der Waals surface area contributed by atoms with E-state index in [-0.39, 0.29) is 0 Å². The molecule has 0 unspecified atom stereocenters. The van der Waals surface area contributed by atoms with Crippen LogP contribution in [0.3, 0.4) is 0 Å². The second kappa shape index (κ2) is 3.49. The van der Waals surface area contributed by atoms with Crippen molar-refractivity contribution in [2.75, 3.05) is 13.7 Å². The highest BCUT2D eigenvalue weighted by molar-refractivity contribution is 5.12. The van der Waals surface area contributed by atoms with Crippen molar-refractivity contribution in [1.29, 1.82) is 0 Å². The Hall–Kier alpha value is -0.520. The maximum absolute atomic E-state index is 5.55. The minimum atomic E-state index is -0.390. The molecule has 0 heterocycles. The molecule has 2 N–H and O–H groups in total. The summed E-state index contributed by atoms with van der Waals surface area (Å²) < 4.78 is 4.71. The summed E-state index contributed by atoms with van der Waals surface area (Å²) in [5.74, 6) is 5.60. The Kier molecular flexibility index (Phi) is 3.29. The molecular weight excluding hydrogens is 114 g/mol. The van der Waals surface area contributed by atoms with Crippen molar-refractivity contribution >= 4 is 0 Å². The van der Waals surface area contributed by atoms with Gasteiger partial charge in [-0.1, -0.05) is 11.8 Å². The molecule has 2 nitrogen and oxygen atoms in total. The van der Waals surface area contributed by atoms with Gasteiger partial charge in [-0.15, -0.1) is 0 Å². The first kappa shape index (κ1) is 8.48. The molecule has 9 heavy (non-hydrogen) atoms. The van der Waals surface area contributed by atoms with Crippen LogP contribution < -0.4 is 5.73 Å². The first-order valence-electron chi connectivity index (χ1n) is 2.84. The first-order chi connectivity index (χ1) is 4.06. The minimum Gasteiger partial charge on any atom is -0.372 e. The van der Waals surface area contributed by atoms with Crippen LogP contribution in [-0.4, -0.2) is 19.3 Å². The van der Waals surface area contributed by atoms with Crippen molar-refractivity contribution in [3.63, 3.8) is 0 Å². The second-order valence-corrected chi connectivity index (χ2v) is 2.46. The van der Waals surface area contributed by atoms with Crippen LogP contribution in [0.15, 0.2) is 0 Å². The van der Waals surface area contributed by atoms with Gasteiger partial charge < -0.3 is 10.5 Å². The monoisotopic (exact) mass is 127 g/mol. The van der Waals surface area contributed by atoms with Crippen LogP contribution in [0, 0.1) is 11.8 Å². The molecule has 0 aromatic heterocycles. The third-order valence-corrected chi connectivity index (χ3v) is 0.627. The van der Waals surface area contributed by atoms with Crippen molar-refractivity contribution < 1.29 is 4.74 Å². The SMILES string of the molecule is COCC#CC(C)(C)N. The quantitative estimate of drug-likeness (QED) is 0.517. The van der Waals surface area contributed by atoms with Crippen LogP contribution in [0.5, 0.6) is 0 Å². The van der Waals surface area contributed by atoms with Gasteiger partial charge in [0.2, 0.25) is 0 Å². The fourth-order valence-corrected chi connectivity index (χ4v) is 0.336. The van der Waals surface area contributed by atoms with Gasteiger partial charge in [0, 0.05) is 7.11 Å². The van der Waals surface area contributed by atoms with Crippen LogP contribution in [0.1, 0.15) is 13.8 Å². The Morgan fingerprint density at radius 1 is 1.56 bits per heavy atom. The largest absolute Gasteiger partial charge is 0.372 e. The van der Waals surface area contributed by atoms with Gasteiger partial charge in [-0.05, 0) is 13.8 Å². The molecular formula is C7H13NO. The topological polar surface area (TPSA) is 35.2 Å². The third-order valence-electron chi connectivity index (χ3n) is 0.627. The summed E-state index contributed by atoms with van der Waals surface area (Å²) in [4.78, 5) is 0. The molecule has 2 heteroatoms. The lowest BCUT2D eigenvalue weighted by Gasteiger charge is -2.06. The third kappa shape index (κ3) is 7.48. The maximum Gasteiger partial charge on any atom is 0.107 e. The number of methoxy groups -OCH3 is 1. The Bertz CT molecular complexity index is 124. The Morgan fingerprint density at radius 3 is 2.44 bits per heavy atom. The number of hydrogen-bond donors (Lipinski definition) is 1. The van der Waals surface area contributed by atoms with Gasteiger partial charge >= 0.3 is 0 Å². The average molecular weight is 127 g/mol. The molecule has 0 aliphatic rings. The molecule has 0 aliphatic heterocycles. The van der Waals surface area contributed by atoms with E-state index in [0.29, 0.717) is 6.61 Å². The number of ether oxygens (including phenoxy) is 1. The molecule has 0 radical (unpaired) electrons. The second-order valence-electron chi connectivity index (χ2n) is 2.46. The summed E-state index contributed by atoms with van der Waals surface area (Å²) in [5, 5.41) is 0. The molecule has 0 spiro atoms. The van der Waals surface area contributed by atoms with Crippen LogP contribution >= 0.6 is 0 Å². The van der Waals surface area contributed by atoms with Gasteiger partial charge in [-0.3, -0.25) is 0 Å². The van der Waals surface area contributed by atoms with Crippen molar-refractivity contribution in [3.05, 3.63) is 0 Å². The van der Waals surface area contributed by atoms with E-state index in [1.54, 1.807) is 7.11 Å². The first-order valence-corrected chi connectivity index (χ1v) is 2.84. The van der Waals surface area contributed by atoms with Gasteiger partial charge in [-0.25, -0.2) is 0 Å². The molecule has 0 bridgehead atoms. The number of hydrogen-bond acceptors (Lipinski definition) is 2. The van der Waals surface area contributed by atoms with Crippen molar-refractivity contribution in [2.24, 2.45) is 5.73 Å². The zero-order valence-corrected chi connectivity index (χ0v) is 6.19. The van der Waals surface area contributed by atoms with E-state index in [0.717, 1.165) is 0 Å². The Labute approximate surface area is 56.4 Å². The van der Waals surface area contributed by atoms with E-state index in [9.17, 15) is 0 Å². The van der Waals surface area contributed by atoms with Gasteiger partial charge in [0.1, 0.15) is 6.61 Å².